The summed E-state index contributed by atoms with van der Waals surface area (Å²) in [6.45, 7) is 7.81. The molecule has 1 aromatic heterocycles. The number of nitrogens with zero attached hydrogens (tertiary/aromatic N) is 2. The Morgan fingerprint density at radius 2 is 1.96 bits per heavy atom. The van der Waals surface area contributed by atoms with Gasteiger partial charge in [0, 0.05) is 32.3 Å². The first-order valence-electron chi connectivity index (χ1n) is 8.69. The molecule has 0 saturated carbocycles. The third kappa shape index (κ3) is 9.12. The number of guanidine groups is 1. The van der Waals surface area contributed by atoms with Crippen molar-refractivity contribution in [2.24, 2.45) is 10.9 Å². The molecule has 0 unspecified atom stereocenters. The van der Waals surface area contributed by atoms with Crippen LogP contribution in [0.5, 0.6) is 0 Å². The summed E-state index contributed by atoms with van der Waals surface area (Å²) in [6, 6.07) is 5.56. The maximum absolute atomic E-state index is 11.9. The van der Waals surface area contributed by atoms with Gasteiger partial charge in [0.05, 0.1) is 0 Å². The molecule has 0 aliphatic heterocycles. The van der Waals surface area contributed by atoms with Crippen molar-refractivity contribution in [1.29, 1.82) is 0 Å². The van der Waals surface area contributed by atoms with E-state index in [4.69, 9.17) is 0 Å². The SMILES string of the molecule is CN=C(NCCCCC(C)C)NCCC(=O)Nc1cccc(C)n1. The van der Waals surface area contributed by atoms with Gasteiger partial charge in [-0.15, -0.1) is 0 Å². The van der Waals surface area contributed by atoms with Gasteiger partial charge < -0.3 is 16.0 Å². The van der Waals surface area contributed by atoms with Crippen LogP contribution in [0.4, 0.5) is 5.82 Å². The number of aromatic nitrogens is 1. The van der Waals surface area contributed by atoms with E-state index in [0.717, 1.165) is 30.5 Å². The molecule has 0 spiro atoms. The Morgan fingerprint density at radius 3 is 2.62 bits per heavy atom. The van der Waals surface area contributed by atoms with Crippen LogP contribution in [0, 0.1) is 12.8 Å². The van der Waals surface area contributed by atoms with Gasteiger partial charge in [-0.3, -0.25) is 9.79 Å². The number of hydrogen-bond acceptors (Lipinski definition) is 3. The number of pyridine rings is 1. The van der Waals surface area contributed by atoms with Gasteiger partial charge >= 0.3 is 0 Å². The van der Waals surface area contributed by atoms with E-state index < -0.39 is 0 Å². The molecular weight excluding hydrogens is 302 g/mol. The number of unbranched alkanes of at least 4 members (excludes halogenated alkanes) is 1. The van der Waals surface area contributed by atoms with Gasteiger partial charge in [0.15, 0.2) is 5.96 Å². The van der Waals surface area contributed by atoms with Crippen LogP contribution in [0.1, 0.15) is 45.2 Å². The highest BCUT2D eigenvalue weighted by Gasteiger charge is 2.04. The highest BCUT2D eigenvalue weighted by molar-refractivity contribution is 5.90. The number of anilines is 1. The molecule has 0 atom stereocenters. The molecule has 0 bridgehead atoms. The standard InChI is InChI=1S/C18H31N5O/c1-14(2)8-5-6-12-20-18(19-4)21-13-11-17(24)23-16-10-7-9-15(3)22-16/h7,9-10,14H,5-6,8,11-13H2,1-4H3,(H2,19,20,21)(H,22,23,24). The van der Waals surface area contributed by atoms with E-state index in [0.29, 0.717) is 18.8 Å². The van der Waals surface area contributed by atoms with Crippen LogP contribution in [0.2, 0.25) is 0 Å². The maximum Gasteiger partial charge on any atom is 0.227 e. The van der Waals surface area contributed by atoms with Crippen LogP contribution < -0.4 is 16.0 Å². The molecule has 6 nitrogen and oxygen atoms in total. The molecular formula is C18H31N5O. The summed E-state index contributed by atoms with van der Waals surface area (Å²) < 4.78 is 0. The van der Waals surface area contributed by atoms with Gasteiger partial charge in [-0.25, -0.2) is 4.98 Å². The van der Waals surface area contributed by atoms with Crippen molar-refractivity contribution in [2.45, 2.75) is 46.5 Å². The van der Waals surface area contributed by atoms with E-state index in [-0.39, 0.29) is 5.91 Å². The highest BCUT2D eigenvalue weighted by Crippen LogP contribution is 2.05. The zero-order chi connectivity index (χ0) is 17.8. The monoisotopic (exact) mass is 333 g/mol. The minimum atomic E-state index is -0.0620. The predicted octanol–water partition coefficient (Wildman–Crippen LogP) is 2.71. The summed E-state index contributed by atoms with van der Waals surface area (Å²) in [7, 11) is 1.74. The fraction of sp³-hybridized carbons (Fsp3) is 0.611. The van der Waals surface area contributed by atoms with Crippen molar-refractivity contribution in [2.75, 3.05) is 25.5 Å². The number of aryl methyl sites for hydroxylation is 1. The average molecular weight is 333 g/mol. The van der Waals surface area contributed by atoms with E-state index in [1.807, 2.05) is 19.1 Å². The second-order valence-corrected chi connectivity index (χ2v) is 6.28. The van der Waals surface area contributed by atoms with Crippen molar-refractivity contribution >= 4 is 17.7 Å². The molecule has 0 saturated heterocycles. The summed E-state index contributed by atoms with van der Waals surface area (Å²) in [5.41, 5.74) is 0.882. The minimum absolute atomic E-state index is 0.0620. The molecule has 1 rings (SSSR count). The number of aliphatic imine (C=N–C) groups is 1. The molecule has 0 aromatic carbocycles. The van der Waals surface area contributed by atoms with Gasteiger partial charge in [0.25, 0.3) is 0 Å². The van der Waals surface area contributed by atoms with Gasteiger partial charge in [-0.05, 0) is 31.4 Å². The fourth-order valence-corrected chi connectivity index (χ4v) is 2.22. The Labute approximate surface area is 145 Å². The van der Waals surface area contributed by atoms with Gasteiger partial charge in [0.2, 0.25) is 5.91 Å². The lowest BCUT2D eigenvalue weighted by molar-refractivity contribution is -0.116. The van der Waals surface area contributed by atoms with Crippen molar-refractivity contribution in [3.8, 4) is 0 Å². The number of carbonyl (C=O) groups excluding carboxylic acids is 1. The third-order valence-corrected chi connectivity index (χ3v) is 3.52. The summed E-state index contributed by atoms with van der Waals surface area (Å²) >= 11 is 0. The van der Waals surface area contributed by atoms with Gasteiger partial charge in [-0.1, -0.05) is 32.8 Å². The van der Waals surface area contributed by atoms with Crippen LogP contribution >= 0.6 is 0 Å². The molecule has 0 aliphatic carbocycles. The van der Waals surface area contributed by atoms with E-state index in [1.54, 1.807) is 13.1 Å². The molecule has 134 valence electrons. The van der Waals surface area contributed by atoms with Crippen molar-refractivity contribution in [3.63, 3.8) is 0 Å². The molecule has 6 heteroatoms. The maximum atomic E-state index is 11.9. The normalized spacial score (nSPS) is 11.5. The van der Waals surface area contributed by atoms with Crippen molar-refractivity contribution in [1.82, 2.24) is 15.6 Å². The second-order valence-electron chi connectivity index (χ2n) is 6.28. The second kappa shape index (κ2) is 11.4. The molecule has 1 amide bonds. The van der Waals surface area contributed by atoms with Crippen molar-refractivity contribution < 1.29 is 4.79 Å². The van der Waals surface area contributed by atoms with E-state index in [9.17, 15) is 4.79 Å². The molecule has 1 heterocycles. The number of rotatable bonds is 9. The first kappa shape index (κ1) is 19.9. The molecule has 3 N–H and O–H groups in total. The van der Waals surface area contributed by atoms with Crippen LogP contribution in [0.15, 0.2) is 23.2 Å². The largest absolute Gasteiger partial charge is 0.356 e. The summed E-state index contributed by atoms with van der Waals surface area (Å²) in [4.78, 5) is 20.3. The van der Waals surface area contributed by atoms with Gasteiger partial charge in [0.1, 0.15) is 5.82 Å². The third-order valence-electron chi connectivity index (χ3n) is 3.52. The van der Waals surface area contributed by atoms with E-state index >= 15 is 0 Å². The lowest BCUT2D eigenvalue weighted by Crippen LogP contribution is -2.39. The first-order chi connectivity index (χ1) is 11.5. The Kier molecular flexibility index (Phi) is 9.49. The highest BCUT2D eigenvalue weighted by atomic mass is 16.1. The Bertz CT molecular complexity index is 528. The number of hydrogen-bond donors (Lipinski definition) is 3. The summed E-state index contributed by atoms with van der Waals surface area (Å²) in [5.74, 6) is 2.02. The van der Waals surface area contributed by atoms with Crippen LogP contribution in [0.3, 0.4) is 0 Å². The molecule has 1 aromatic rings. The summed E-state index contributed by atoms with van der Waals surface area (Å²) in [5, 5.41) is 9.22. The van der Waals surface area contributed by atoms with Crippen molar-refractivity contribution in [3.05, 3.63) is 23.9 Å². The van der Waals surface area contributed by atoms with E-state index in [1.165, 1.54) is 12.8 Å². The van der Waals surface area contributed by atoms with E-state index in [2.05, 4.69) is 39.8 Å². The minimum Gasteiger partial charge on any atom is -0.356 e. The van der Waals surface area contributed by atoms with Crippen LogP contribution in [-0.4, -0.2) is 37.0 Å². The molecule has 24 heavy (non-hydrogen) atoms. The zero-order valence-corrected chi connectivity index (χ0v) is 15.4. The fourth-order valence-electron chi connectivity index (χ4n) is 2.22. The first-order valence-corrected chi connectivity index (χ1v) is 8.69. The molecule has 0 radical (unpaired) electrons. The zero-order valence-electron chi connectivity index (χ0n) is 15.4. The van der Waals surface area contributed by atoms with Crippen LogP contribution in [0.25, 0.3) is 0 Å². The Hall–Kier alpha value is -2.11. The topological polar surface area (TPSA) is 78.4 Å². The quantitative estimate of drug-likeness (QED) is 0.369. The Morgan fingerprint density at radius 1 is 1.21 bits per heavy atom. The van der Waals surface area contributed by atoms with Crippen LogP contribution in [-0.2, 0) is 4.79 Å². The number of amides is 1. The lowest BCUT2D eigenvalue weighted by atomic mass is 10.1. The molecule has 0 fully saturated rings. The lowest BCUT2D eigenvalue weighted by Gasteiger charge is -2.12. The van der Waals surface area contributed by atoms with Gasteiger partial charge in [-0.2, -0.15) is 0 Å². The smallest absolute Gasteiger partial charge is 0.227 e. The summed E-state index contributed by atoms with van der Waals surface area (Å²) in [6.07, 6.45) is 3.95. The predicted molar refractivity (Wildman–Crippen MR) is 100 cm³/mol. The number of nitrogens with one attached hydrogen (secondary N) is 3. The average Bonchev–Trinajstić information content (AvgIpc) is 2.52. The number of carbonyl (C=O) groups is 1. The molecule has 0 aliphatic rings. The Balaban J connectivity index is 2.18.